The predicted octanol–water partition coefficient (Wildman–Crippen LogP) is 3.77. The highest BCUT2D eigenvalue weighted by molar-refractivity contribution is 14.0. The molecule has 0 bridgehead atoms. The summed E-state index contributed by atoms with van der Waals surface area (Å²) >= 11 is 0. The monoisotopic (exact) mass is 472 g/mol. The van der Waals surface area contributed by atoms with Gasteiger partial charge in [0.1, 0.15) is 0 Å². The van der Waals surface area contributed by atoms with Crippen LogP contribution < -0.4 is 15.8 Å². The molecule has 0 amide bonds. The molecule has 25 heavy (non-hydrogen) atoms. The standard InChI is InChI=1S/C16H23F3N4O.HI/c17-16(18,19)11-24-14-12(6-5-9-21-14)10-22-15(20)23-13-7-3-1-2-4-8-13;/h5-6,9,13H,1-4,7-8,10-11H2,(H3,20,22,23);1H. The third kappa shape index (κ3) is 8.59. The van der Waals surface area contributed by atoms with E-state index in [0.29, 0.717) is 17.6 Å². The van der Waals surface area contributed by atoms with Crippen molar-refractivity contribution in [3.8, 4) is 5.88 Å². The van der Waals surface area contributed by atoms with Gasteiger partial charge in [-0.2, -0.15) is 13.2 Å². The van der Waals surface area contributed by atoms with Crippen LogP contribution in [-0.4, -0.2) is 29.8 Å². The molecule has 142 valence electrons. The van der Waals surface area contributed by atoms with E-state index in [1.807, 2.05) is 0 Å². The topological polar surface area (TPSA) is 72.5 Å². The Bertz CT molecular complexity index is 546. The fraction of sp³-hybridized carbons (Fsp3) is 0.625. The molecule has 1 saturated carbocycles. The number of nitrogens with two attached hydrogens (primary N) is 1. The van der Waals surface area contributed by atoms with Gasteiger partial charge in [-0.05, 0) is 18.9 Å². The molecule has 3 N–H and O–H groups in total. The summed E-state index contributed by atoms with van der Waals surface area (Å²) in [6.07, 6.45) is 3.91. The molecular weight excluding hydrogens is 448 g/mol. The van der Waals surface area contributed by atoms with E-state index in [4.69, 9.17) is 10.5 Å². The van der Waals surface area contributed by atoms with Crippen molar-refractivity contribution in [1.29, 1.82) is 0 Å². The summed E-state index contributed by atoms with van der Waals surface area (Å²) < 4.78 is 41.5. The Morgan fingerprint density at radius 1 is 1.28 bits per heavy atom. The van der Waals surface area contributed by atoms with Gasteiger partial charge in [-0.15, -0.1) is 24.0 Å². The molecule has 1 aromatic rings. The first-order valence-corrected chi connectivity index (χ1v) is 8.14. The summed E-state index contributed by atoms with van der Waals surface area (Å²) in [5, 5.41) is 3.19. The van der Waals surface area contributed by atoms with E-state index in [1.165, 1.54) is 31.9 Å². The first kappa shape index (κ1) is 21.8. The molecule has 5 nitrogen and oxygen atoms in total. The minimum atomic E-state index is -4.40. The summed E-state index contributed by atoms with van der Waals surface area (Å²) in [6.45, 7) is -1.26. The van der Waals surface area contributed by atoms with Crippen molar-refractivity contribution in [3.05, 3.63) is 23.9 Å². The Hall–Kier alpha value is -1.26. The zero-order valence-electron chi connectivity index (χ0n) is 13.9. The number of aliphatic imine (C=N–C) groups is 1. The molecule has 1 aliphatic carbocycles. The number of nitrogens with zero attached hydrogens (tertiary/aromatic N) is 2. The average Bonchev–Trinajstić information content (AvgIpc) is 2.79. The van der Waals surface area contributed by atoms with Crippen LogP contribution in [0.3, 0.4) is 0 Å². The molecule has 0 atom stereocenters. The van der Waals surface area contributed by atoms with Crippen LogP contribution in [0, 0.1) is 0 Å². The van der Waals surface area contributed by atoms with Crippen LogP contribution in [0.15, 0.2) is 23.3 Å². The molecule has 0 spiro atoms. The van der Waals surface area contributed by atoms with Gasteiger partial charge in [0.2, 0.25) is 5.88 Å². The Balaban J connectivity index is 0.00000312. The molecule has 0 aromatic carbocycles. The van der Waals surface area contributed by atoms with E-state index in [0.717, 1.165) is 12.8 Å². The quantitative estimate of drug-likeness (QED) is 0.296. The number of hydrogen-bond donors (Lipinski definition) is 2. The largest absolute Gasteiger partial charge is 0.468 e. The molecule has 2 rings (SSSR count). The second kappa shape index (κ2) is 10.7. The van der Waals surface area contributed by atoms with Crippen molar-refractivity contribution in [2.75, 3.05) is 6.61 Å². The van der Waals surface area contributed by atoms with Crippen molar-refractivity contribution in [2.45, 2.75) is 57.3 Å². The van der Waals surface area contributed by atoms with Crippen molar-refractivity contribution in [2.24, 2.45) is 10.7 Å². The van der Waals surface area contributed by atoms with E-state index < -0.39 is 12.8 Å². The number of rotatable bonds is 5. The highest BCUT2D eigenvalue weighted by Gasteiger charge is 2.29. The zero-order chi connectivity index (χ0) is 17.4. The Morgan fingerprint density at radius 3 is 2.60 bits per heavy atom. The fourth-order valence-electron chi connectivity index (χ4n) is 2.67. The number of nitrogens with one attached hydrogen (secondary N) is 1. The van der Waals surface area contributed by atoms with Crippen LogP contribution in [0.1, 0.15) is 44.1 Å². The number of aromatic nitrogens is 1. The lowest BCUT2D eigenvalue weighted by molar-refractivity contribution is -0.154. The van der Waals surface area contributed by atoms with Gasteiger partial charge < -0.3 is 15.8 Å². The molecular formula is C16H24F3IN4O. The molecule has 1 fully saturated rings. The van der Waals surface area contributed by atoms with Gasteiger partial charge in [-0.25, -0.2) is 9.98 Å². The Labute approximate surface area is 162 Å². The molecule has 0 radical (unpaired) electrons. The van der Waals surface area contributed by atoms with Gasteiger partial charge in [0.05, 0.1) is 6.54 Å². The van der Waals surface area contributed by atoms with E-state index in [2.05, 4.69) is 15.3 Å². The Morgan fingerprint density at radius 2 is 1.96 bits per heavy atom. The fourth-order valence-corrected chi connectivity index (χ4v) is 2.67. The second-order valence-corrected chi connectivity index (χ2v) is 5.91. The third-order valence-electron chi connectivity index (χ3n) is 3.85. The Kier molecular flexibility index (Phi) is 9.30. The van der Waals surface area contributed by atoms with Crippen molar-refractivity contribution in [3.63, 3.8) is 0 Å². The first-order chi connectivity index (χ1) is 11.4. The number of halogens is 4. The highest BCUT2D eigenvalue weighted by Crippen LogP contribution is 2.20. The van der Waals surface area contributed by atoms with Gasteiger partial charge in [0.15, 0.2) is 12.6 Å². The first-order valence-electron chi connectivity index (χ1n) is 8.14. The van der Waals surface area contributed by atoms with Crippen LogP contribution >= 0.6 is 24.0 Å². The summed E-state index contributed by atoms with van der Waals surface area (Å²) in [6, 6.07) is 3.56. The second-order valence-electron chi connectivity index (χ2n) is 5.91. The van der Waals surface area contributed by atoms with Crippen molar-refractivity contribution < 1.29 is 17.9 Å². The highest BCUT2D eigenvalue weighted by atomic mass is 127. The number of pyridine rings is 1. The van der Waals surface area contributed by atoms with Crippen LogP contribution in [0.5, 0.6) is 5.88 Å². The van der Waals surface area contributed by atoms with Crippen LogP contribution in [0.25, 0.3) is 0 Å². The molecule has 1 aromatic heterocycles. The van der Waals surface area contributed by atoms with Gasteiger partial charge in [0, 0.05) is 17.8 Å². The minimum absolute atomic E-state index is 0. The van der Waals surface area contributed by atoms with E-state index in [1.54, 1.807) is 12.1 Å². The lowest BCUT2D eigenvalue weighted by Gasteiger charge is -2.17. The SMILES string of the molecule is I.NC(=NCc1cccnc1OCC(F)(F)F)NC1CCCCCC1. The number of guanidine groups is 1. The van der Waals surface area contributed by atoms with Crippen LogP contribution in [-0.2, 0) is 6.54 Å². The third-order valence-corrected chi connectivity index (χ3v) is 3.85. The normalized spacial score (nSPS) is 16.7. The average molecular weight is 472 g/mol. The molecule has 1 aliphatic rings. The van der Waals surface area contributed by atoms with Crippen LogP contribution in [0.2, 0.25) is 0 Å². The molecule has 0 aliphatic heterocycles. The number of ether oxygens (including phenoxy) is 1. The smallest absolute Gasteiger partial charge is 0.422 e. The lowest BCUT2D eigenvalue weighted by Crippen LogP contribution is -2.39. The number of hydrogen-bond acceptors (Lipinski definition) is 3. The molecule has 0 unspecified atom stereocenters. The summed E-state index contributed by atoms with van der Waals surface area (Å²) in [5.74, 6) is 0.230. The summed E-state index contributed by atoms with van der Waals surface area (Å²) in [7, 11) is 0. The molecule has 9 heteroatoms. The maximum atomic E-state index is 12.3. The maximum absolute atomic E-state index is 12.3. The number of alkyl halides is 3. The summed E-state index contributed by atoms with van der Waals surface area (Å²) in [5.41, 5.74) is 6.36. The van der Waals surface area contributed by atoms with Crippen molar-refractivity contribution in [1.82, 2.24) is 10.3 Å². The predicted molar refractivity (Wildman–Crippen MR) is 101 cm³/mol. The van der Waals surface area contributed by atoms with E-state index >= 15 is 0 Å². The molecule has 0 saturated heterocycles. The summed E-state index contributed by atoms with van der Waals surface area (Å²) in [4.78, 5) is 8.04. The zero-order valence-corrected chi connectivity index (χ0v) is 16.2. The van der Waals surface area contributed by atoms with Gasteiger partial charge in [-0.3, -0.25) is 0 Å². The van der Waals surface area contributed by atoms with Crippen molar-refractivity contribution >= 4 is 29.9 Å². The minimum Gasteiger partial charge on any atom is -0.468 e. The van der Waals surface area contributed by atoms with Gasteiger partial charge in [-0.1, -0.05) is 31.7 Å². The van der Waals surface area contributed by atoms with Crippen LogP contribution in [0.4, 0.5) is 13.2 Å². The lowest BCUT2D eigenvalue weighted by atomic mass is 10.1. The maximum Gasteiger partial charge on any atom is 0.422 e. The van der Waals surface area contributed by atoms with Gasteiger partial charge >= 0.3 is 6.18 Å². The van der Waals surface area contributed by atoms with E-state index in [9.17, 15) is 13.2 Å². The van der Waals surface area contributed by atoms with E-state index in [-0.39, 0.29) is 36.4 Å². The molecule has 1 heterocycles. The van der Waals surface area contributed by atoms with Gasteiger partial charge in [0.25, 0.3) is 0 Å².